The van der Waals surface area contributed by atoms with Crippen molar-refractivity contribution in [3.63, 3.8) is 0 Å². The van der Waals surface area contributed by atoms with Crippen LogP contribution in [-0.4, -0.2) is 42.8 Å². The fourth-order valence-corrected chi connectivity index (χ4v) is 3.65. The van der Waals surface area contributed by atoms with E-state index in [0.29, 0.717) is 0 Å². The molecule has 2 atom stereocenters. The number of ether oxygens (including phenoxy) is 1. The van der Waals surface area contributed by atoms with Crippen molar-refractivity contribution in [2.24, 2.45) is 0 Å². The maximum atomic E-state index is 11.2. The Morgan fingerprint density at radius 1 is 1.60 bits per heavy atom. The highest BCUT2D eigenvalue weighted by atomic mass is 32.2. The van der Waals surface area contributed by atoms with E-state index in [9.17, 15) is 4.79 Å². The molecule has 0 aliphatic carbocycles. The standard InChI is InChI=1S/C10H18N2O2S/c1-11-9(13)12-8-2-4-14-10(6-8)3-5-15-7-10/h8H,2-7H2,1H3,(H2,11,12,13). The van der Waals surface area contributed by atoms with Gasteiger partial charge in [-0.2, -0.15) is 11.8 Å². The molecule has 0 saturated carbocycles. The van der Waals surface area contributed by atoms with Crippen molar-refractivity contribution in [3.05, 3.63) is 0 Å². The molecule has 0 bridgehead atoms. The zero-order chi connectivity index (χ0) is 10.7. The van der Waals surface area contributed by atoms with Gasteiger partial charge in [-0.25, -0.2) is 4.79 Å². The second kappa shape index (κ2) is 4.61. The monoisotopic (exact) mass is 230 g/mol. The van der Waals surface area contributed by atoms with Crippen molar-refractivity contribution < 1.29 is 9.53 Å². The molecule has 2 heterocycles. The maximum absolute atomic E-state index is 11.2. The van der Waals surface area contributed by atoms with E-state index in [0.717, 1.165) is 31.6 Å². The van der Waals surface area contributed by atoms with Crippen molar-refractivity contribution in [1.82, 2.24) is 10.6 Å². The quantitative estimate of drug-likeness (QED) is 0.706. The Morgan fingerprint density at radius 2 is 2.47 bits per heavy atom. The lowest BCUT2D eigenvalue weighted by atomic mass is 9.90. The number of carbonyl (C=O) groups excluding carboxylic acids is 1. The highest BCUT2D eigenvalue weighted by Crippen LogP contribution is 2.38. The maximum Gasteiger partial charge on any atom is 0.314 e. The van der Waals surface area contributed by atoms with E-state index in [1.165, 1.54) is 5.75 Å². The number of hydrogen-bond acceptors (Lipinski definition) is 3. The predicted molar refractivity (Wildman–Crippen MR) is 61.2 cm³/mol. The Balaban J connectivity index is 1.89. The third-order valence-corrected chi connectivity index (χ3v) is 4.35. The number of nitrogens with one attached hydrogen (secondary N) is 2. The highest BCUT2D eigenvalue weighted by molar-refractivity contribution is 7.99. The number of thioether (sulfide) groups is 1. The fraction of sp³-hybridized carbons (Fsp3) is 0.900. The van der Waals surface area contributed by atoms with Gasteiger partial charge in [-0.15, -0.1) is 0 Å². The Hall–Kier alpha value is -0.420. The van der Waals surface area contributed by atoms with Gasteiger partial charge in [0.2, 0.25) is 0 Å². The molecule has 2 fully saturated rings. The Labute approximate surface area is 94.5 Å². The molecule has 0 radical (unpaired) electrons. The van der Waals surface area contributed by atoms with Gasteiger partial charge in [-0.05, 0) is 25.0 Å². The molecule has 2 aliphatic heterocycles. The number of rotatable bonds is 1. The average molecular weight is 230 g/mol. The topological polar surface area (TPSA) is 50.4 Å². The van der Waals surface area contributed by atoms with Gasteiger partial charge < -0.3 is 15.4 Å². The first-order valence-corrected chi connectivity index (χ1v) is 6.59. The largest absolute Gasteiger partial charge is 0.374 e. The van der Waals surface area contributed by atoms with Crippen LogP contribution in [0.5, 0.6) is 0 Å². The van der Waals surface area contributed by atoms with Crippen molar-refractivity contribution in [3.8, 4) is 0 Å². The summed E-state index contributed by atoms with van der Waals surface area (Å²) in [5, 5.41) is 5.58. The molecule has 5 heteroatoms. The van der Waals surface area contributed by atoms with Crippen LogP contribution in [0.25, 0.3) is 0 Å². The summed E-state index contributed by atoms with van der Waals surface area (Å²) < 4.78 is 5.88. The molecule has 2 N–H and O–H groups in total. The van der Waals surface area contributed by atoms with E-state index in [1.54, 1.807) is 7.05 Å². The fourth-order valence-electron chi connectivity index (χ4n) is 2.27. The van der Waals surface area contributed by atoms with E-state index in [1.807, 2.05) is 11.8 Å². The normalized spacial score (nSPS) is 35.4. The summed E-state index contributed by atoms with van der Waals surface area (Å²) in [5.74, 6) is 2.27. The molecule has 2 saturated heterocycles. The molecule has 0 aromatic carbocycles. The van der Waals surface area contributed by atoms with Crippen molar-refractivity contribution in [2.75, 3.05) is 25.2 Å². The van der Waals surface area contributed by atoms with Crippen LogP contribution in [0.2, 0.25) is 0 Å². The second-order valence-electron chi connectivity index (χ2n) is 4.25. The number of carbonyl (C=O) groups is 1. The number of hydrogen-bond donors (Lipinski definition) is 2. The lowest BCUT2D eigenvalue weighted by Gasteiger charge is -2.37. The minimum absolute atomic E-state index is 0.0502. The minimum Gasteiger partial charge on any atom is -0.374 e. The number of amides is 2. The summed E-state index contributed by atoms with van der Waals surface area (Å²) in [6.07, 6.45) is 3.02. The summed E-state index contributed by atoms with van der Waals surface area (Å²) in [7, 11) is 1.65. The van der Waals surface area contributed by atoms with E-state index >= 15 is 0 Å². The van der Waals surface area contributed by atoms with Crippen LogP contribution >= 0.6 is 11.8 Å². The molecule has 2 unspecified atom stereocenters. The van der Waals surface area contributed by atoms with Crippen molar-refractivity contribution in [1.29, 1.82) is 0 Å². The molecular formula is C10H18N2O2S. The van der Waals surface area contributed by atoms with Crippen LogP contribution in [-0.2, 0) is 4.74 Å². The Bertz CT molecular complexity index is 242. The number of urea groups is 1. The third-order valence-electron chi connectivity index (χ3n) is 3.12. The van der Waals surface area contributed by atoms with Gasteiger partial charge in [-0.1, -0.05) is 0 Å². The van der Waals surface area contributed by atoms with Crippen LogP contribution in [0, 0.1) is 0 Å². The summed E-state index contributed by atoms with van der Waals surface area (Å²) in [4.78, 5) is 11.2. The summed E-state index contributed by atoms with van der Waals surface area (Å²) in [5.41, 5.74) is 0.0502. The highest BCUT2D eigenvalue weighted by Gasteiger charge is 2.40. The van der Waals surface area contributed by atoms with Gasteiger partial charge in [0, 0.05) is 25.4 Å². The van der Waals surface area contributed by atoms with Crippen LogP contribution in [0.1, 0.15) is 19.3 Å². The lowest BCUT2D eigenvalue weighted by Crippen LogP contribution is -2.50. The molecule has 0 aromatic heterocycles. The minimum atomic E-state index is -0.0808. The zero-order valence-corrected chi connectivity index (χ0v) is 9.86. The summed E-state index contributed by atoms with van der Waals surface area (Å²) in [6.45, 7) is 0.773. The van der Waals surface area contributed by atoms with Crippen molar-refractivity contribution >= 4 is 17.8 Å². The van der Waals surface area contributed by atoms with E-state index in [4.69, 9.17) is 4.74 Å². The van der Waals surface area contributed by atoms with Gasteiger partial charge in [0.15, 0.2) is 0 Å². The molecular weight excluding hydrogens is 212 g/mol. The van der Waals surface area contributed by atoms with Gasteiger partial charge in [0.05, 0.1) is 5.60 Å². The summed E-state index contributed by atoms with van der Waals surface area (Å²) in [6, 6.07) is 0.195. The third kappa shape index (κ3) is 2.58. The van der Waals surface area contributed by atoms with Gasteiger partial charge >= 0.3 is 6.03 Å². The van der Waals surface area contributed by atoms with Gasteiger partial charge in [0.25, 0.3) is 0 Å². The van der Waals surface area contributed by atoms with E-state index in [-0.39, 0.29) is 17.7 Å². The van der Waals surface area contributed by atoms with Gasteiger partial charge in [0.1, 0.15) is 0 Å². The Morgan fingerprint density at radius 3 is 3.13 bits per heavy atom. The first kappa shape index (κ1) is 11.1. The predicted octanol–water partition coefficient (Wildman–Crippen LogP) is 0.970. The Kier molecular flexibility index (Phi) is 3.41. The first-order chi connectivity index (χ1) is 7.24. The lowest BCUT2D eigenvalue weighted by molar-refractivity contribution is -0.0684. The summed E-state index contributed by atoms with van der Waals surface area (Å²) >= 11 is 1.95. The molecule has 1 spiro atoms. The SMILES string of the molecule is CNC(=O)NC1CCOC2(CCSC2)C1. The average Bonchev–Trinajstić information content (AvgIpc) is 2.66. The van der Waals surface area contributed by atoms with Gasteiger partial charge in [-0.3, -0.25) is 0 Å². The van der Waals surface area contributed by atoms with Crippen LogP contribution < -0.4 is 10.6 Å². The van der Waals surface area contributed by atoms with Crippen LogP contribution in [0.3, 0.4) is 0 Å². The molecule has 0 aromatic rings. The molecule has 2 amide bonds. The first-order valence-electron chi connectivity index (χ1n) is 5.44. The van der Waals surface area contributed by atoms with Crippen LogP contribution in [0.15, 0.2) is 0 Å². The molecule has 2 rings (SSSR count). The van der Waals surface area contributed by atoms with Crippen molar-refractivity contribution in [2.45, 2.75) is 30.9 Å². The molecule has 2 aliphatic rings. The zero-order valence-electron chi connectivity index (χ0n) is 9.04. The van der Waals surface area contributed by atoms with E-state index < -0.39 is 0 Å². The van der Waals surface area contributed by atoms with Crippen LogP contribution in [0.4, 0.5) is 4.79 Å². The smallest absolute Gasteiger partial charge is 0.314 e. The molecule has 4 nitrogen and oxygen atoms in total. The molecule has 15 heavy (non-hydrogen) atoms. The molecule has 86 valence electrons. The van der Waals surface area contributed by atoms with E-state index in [2.05, 4.69) is 10.6 Å². The second-order valence-corrected chi connectivity index (χ2v) is 5.35.